The highest BCUT2D eigenvalue weighted by Crippen LogP contribution is 1.97. The maximum absolute atomic E-state index is 11.4. The normalized spacial score (nSPS) is 13.5. The lowest BCUT2D eigenvalue weighted by Crippen LogP contribution is -2.49. The summed E-state index contributed by atoms with van der Waals surface area (Å²) in [6.45, 7) is 10.9. The molecule has 4 nitrogen and oxygen atoms in total. The van der Waals surface area contributed by atoms with Crippen molar-refractivity contribution in [3.8, 4) is 0 Å². The first-order valence-electron chi connectivity index (χ1n) is 5.01. The van der Waals surface area contributed by atoms with Gasteiger partial charge in [-0.15, -0.1) is 0 Å². The molecule has 0 spiro atoms. The summed E-state index contributed by atoms with van der Waals surface area (Å²) in [5.41, 5.74) is -0.199. The van der Waals surface area contributed by atoms with Gasteiger partial charge in [0.1, 0.15) is 0 Å². The molecule has 0 aromatic rings. The number of ether oxygens (including phenoxy) is 1. The van der Waals surface area contributed by atoms with Crippen LogP contribution < -0.4 is 10.6 Å². The van der Waals surface area contributed by atoms with Crippen molar-refractivity contribution in [1.29, 1.82) is 0 Å². The summed E-state index contributed by atoms with van der Waals surface area (Å²) in [5.74, 6) is 0. The Kier molecular flexibility index (Phi) is 5.53. The Morgan fingerprint density at radius 1 is 1.43 bits per heavy atom. The molecule has 1 unspecified atom stereocenters. The van der Waals surface area contributed by atoms with Crippen LogP contribution in [0.5, 0.6) is 0 Å². The fourth-order valence-electron chi connectivity index (χ4n) is 0.937. The highest BCUT2D eigenvalue weighted by Gasteiger charge is 2.14. The van der Waals surface area contributed by atoms with Crippen molar-refractivity contribution in [2.45, 2.75) is 46.2 Å². The van der Waals surface area contributed by atoms with E-state index in [1.165, 1.54) is 0 Å². The van der Waals surface area contributed by atoms with Gasteiger partial charge < -0.3 is 15.4 Å². The summed E-state index contributed by atoms with van der Waals surface area (Å²) in [5, 5.41) is 5.62. The predicted octanol–water partition coefficient (Wildman–Crippen LogP) is 1.51. The molecule has 0 aliphatic rings. The molecular formula is C10H22N2O2. The van der Waals surface area contributed by atoms with Crippen LogP contribution in [0.1, 0.15) is 34.6 Å². The largest absolute Gasteiger partial charge is 0.380 e. The number of hydrogen-bond acceptors (Lipinski definition) is 2. The van der Waals surface area contributed by atoms with Gasteiger partial charge in [0, 0.05) is 12.1 Å². The standard InChI is InChI=1S/C10H22N2O2/c1-6-14-7-8(2)11-9(13)12-10(3,4)5/h8H,6-7H2,1-5H3,(H2,11,12,13). The first-order valence-corrected chi connectivity index (χ1v) is 5.01. The third-order valence-electron chi connectivity index (χ3n) is 1.44. The van der Waals surface area contributed by atoms with Crippen molar-refractivity contribution < 1.29 is 9.53 Å². The van der Waals surface area contributed by atoms with Crippen LogP contribution >= 0.6 is 0 Å². The topological polar surface area (TPSA) is 50.4 Å². The molecule has 1 atom stereocenters. The molecule has 0 saturated heterocycles. The minimum absolute atomic E-state index is 0.0392. The van der Waals surface area contributed by atoms with Gasteiger partial charge in [0.15, 0.2) is 0 Å². The highest BCUT2D eigenvalue weighted by atomic mass is 16.5. The zero-order valence-electron chi connectivity index (χ0n) is 9.81. The van der Waals surface area contributed by atoms with Gasteiger partial charge in [0.2, 0.25) is 0 Å². The summed E-state index contributed by atoms with van der Waals surface area (Å²) in [6, 6.07) is -0.109. The van der Waals surface area contributed by atoms with Crippen molar-refractivity contribution in [2.75, 3.05) is 13.2 Å². The van der Waals surface area contributed by atoms with Crippen molar-refractivity contribution in [3.05, 3.63) is 0 Å². The lowest BCUT2D eigenvalue weighted by atomic mass is 10.1. The van der Waals surface area contributed by atoms with E-state index in [1.807, 2.05) is 34.6 Å². The SMILES string of the molecule is CCOCC(C)NC(=O)NC(C)(C)C. The van der Waals surface area contributed by atoms with Gasteiger partial charge in [-0.2, -0.15) is 0 Å². The molecule has 0 aliphatic carbocycles. The van der Waals surface area contributed by atoms with Crippen LogP contribution in [0.15, 0.2) is 0 Å². The van der Waals surface area contributed by atoms with Crippen LogP contribution in [0.25, 0.3) is 0 Å². The number of carbonyl (C=O) groups excluding carboxylic acids is 1. The third-order valence-corrected chi connectivity index (χ3v) is 1.44. The number of nitrogens with one attached hydrogen (secondary N) is 2. The lowest BCUT2D eigenvalue weighted by molar-refractivity contribution is 0.128. The zero-order valence-corrected chi connectivity index (χ0v) is 9.81. The molecule has 2 amide bonds. The molecule has 0 rings (SSSR count). The van der Waals surface area contributed by atoms with E-state index >= 15 is 0 Å². The Morgan fingerprint density at radius 3 is 2.43 bits per heavy atom. The summed E-state index contributed by atoms with van der Waals surface area (Å²) >= 11 is 0. The summed E-state index contributed by atoms with van der Waals surface area (Å²) in [6.07, 6.45) is 0. The number of hydrogen-bond donors (Lipinski definition) is 2. The van der Waals surface area contributed by atoms with Crippen LogP contribution in [0, 0.1) is 0 Å². The molecular weight excluding hydrogens is 180 g/mol. The molecule has 0 radical (unpaired) electrons. The third kappa shape index (κ3) is 7.86. The van der Waals surface area contributed by atoms with Gasteiger partial charge in [0.25, 0.3) is 0 Å². The molecule has 0 aliphatic heterocycles. The average molecular weight is 202 g/mol. The Balaban J connectivity index is 3.71. The molecule has 4 heteroatoms. The lowest BCUT2D eigenvalue weighted by Gasteiger charge is -2.22. The van der Waals surface area contributed by atoms with E-state index < -0.39 is 0 Å². The van der Waals surface area contributed by atoms with Crippen molar-refractivity contribution >= 4 is 6.03 Å². The second kappa shape index (κ2) is 5.86. The van der Waals surface area contributed by atoms with Gasteiger partial charge in [-0.1, -0.05) is 0 Å². The second-order valence-electron chi connectivity index (χ2n) is 4.41. The van der Waals surface area contributed by atoms with E-state index in [9.17, 15) is 4.79 Å². The molecule has 2 N–H and O–H groups in total. The summed E-state index contributed by atoms with van der Waals surface area (Å²) in [7, 11) is 0. The van der Waals surface area contributed by atoms with E-state index in [-0.39, 0.29) is 17.6 Å². The molecule has 0 aromatic heterocycles. The molecule has 0 aromatic carbocycles. The maximum Gasteiger partial charge on any atom is 0.315 e. The average Bonchev–Trinajstić information content (AvgIpc) is 1.96. The molecule has 0 fully saturated rings. The van der Waals surface area contributed by atoms with Crippen LogP contribution in [0.3, 0.4) is 0 Å². The van der Waals surface area contributed by atoms with Gasteiger partial charge in [0.05, 0.1) is 12.6 Å². The Labute approximate surface area is 86.4 Å². The van der Waals surface area contributed by atoms with Crippen LogP contribution in [-0.2, 0) is 4.74 Å². The minimum atomic E-state index is -0.199. The number of carbonyl (C=O) groups is 1. The zero-order chi connectivity index (χ0) is 11.2. The number of urea groups is 1. The fraction of sp³-hybridized carbons (Fsp3) is 0.900. The Bertz CT molecular complexity index is 175. The second-order valence-corrected chi connectivity index (χ2v) is 4.41. The van der Waals surface area contributed by atoms with Crippen LogP contribution in [-0.4, -0.2) is 30.8 Å². The Morgan fingerprint density at radius 2 is 2.00 bits per heavy atom. The number of amides is 2. The first-order chi connectivity index (χ1) is 6.35. The van der Waals surface area contributed by atoms with Crippen LogP contribution in [0.4, 0.5) is 4.79 Å². The predicted molar refractivity (Wildman–Crippen MR) is 57.4 cm³/mol. The molecule has 0 heterocycles. The fourth-order valence-corrected chi connectivity index (χ4v) is 0.937. The molecule has 0 bridgehead atoms. The Hall–Kier alpha value is -0.770. The monoisotopic (exact) mass is 202 g/mol. The summed E-state index contributed by atoms with van der Waals surface area (Å²) in [4.78, 5) is 11.4. The molecule has 0 saturated carbocycles. The van der Waals surface area contributed by atoms with Crippen molar-refractivity contribution in [2.24, 2.45) is 0 Å². The van der Waals surface area contributed by atoms with Crippen molar-refractivity contribution in [3.63, 3.8) is 0 Å². The van der Waals surface area contributed by atoms with Gasteiger partial charge in [-0.25, -0.2) is 4.79 Å². The van der Waals surface area contributed by atoms with E-state index in [4.69, 9.17) is 4.74 Å². The van der Waals surface area contributed by atoms with E-state index in [0.29, 0.717) is 13.2 Å². The van der Waals surface area contributed by atoms with E-state index in [0.717, 1.165) is 0 Å². The first kappa shape index (κ1) is 13.2. The van der Waals surface area contributed by atoms with Gasteiger partial charge in [-0.05, 0) is 34.6 Å². The molecule has 14 heavy (non-hydrogen) atoms. The molecule has 84 valence electrons. The van der Waals surface area contributed by atoms with E-state index in [2.05, 4.69) is 10.6 Å². The smallest absolute Gasteiger partial charge is 0.315 e. The highest BCUT2D eigenvalue weighted by molar-refractivity contribution is 5.74. The quantitative estimate of drug-likeness (QED) is 0.726. The van der Waals surface area contributed by atoms with Gasteiger partial charge in [-0.3, -0.25) is 0 Å². The number of rotatable bonds is 4. The minimum Gasteiger partial charge on any atom is -0.380 e. The van der Waals surface area contributed by atoms with Crippen LogP contribution in [0.2, 0.25) is 0 Å². The van der Waals surface area contributed by atoms with Crippen molar-refractivity contribution in [1.82, 2.24) is 10.6 Å². The summed E-state index contributed by atoms with van der Waals surface area (Å²) < 4.78 is 5.18. The maximum atomic E-state index is 11.4. The van der Waals surface area contributed by atoms with Gasteiger partial charge >= 0.3 is 6.03 Å². The van der Waals surface area contributed by atoms with E-state index in [1.54, 1.807) is 0 Å².